The van der Waals surface area contributed by atoms with Crippen LogP contribution in [0.5, 0.6) is 6.01 Å². The molecule has 3 fully saturated rings. The number of nitrogens with zero attached hydrogens (tertiary/aromatic N) is 4. The molecule has 1 unspecified atom stereocenters. The summed E-state index contributed by atoms with van der Waals surface area (Å²) in [4.78, 5) is 27.2. The Balaban J connectivity index is 1.21. The average molecular weight is 541 g/mol. The maximum atomic E-state index is 12.1. The molecule has 0 saturated carbocycles. The average Bonchev–Trinajstić information content (AvgIpc) is 3.56. The fourth-order valence-corrected chi connectivity index (χ4v) is 7.51. The molecular formula is C32H40N6O2. The Bertz CT molecular complexity index is 1410. The van der Waals surface area contributed by atoms with Crippen LogP contribution in [-0.2, 0) is 24.2 Å². The van der Waals surface area contributed by atoms with Gasteiger partial charge in [0.25, 0.3) is 0 Å². The summed E-state index contributed by atoms with van der Waals surface area (Å²) in [5.41, 5.74) is 4.97. The van der Waals surface area contributed by atoms with Crippen molar-refractivity contribution in [1.29, 1.82) is 0 Å². The molecule has 4 aliphatic rings. The van der Waals surface area contributed by atoms with E-state index in [1.807, 2.05) is 0 Å². The zero-order valence-electron chi connectivity index (χ0n) is 23.5. The highest BCUT2D eigenvalue weighted by atomic mass is 16.5. The summed E-state index contributed by atoms with van der Waals surface area (Å²) < 4.78 is 6.46. The Morgan fingerprint density at radius 2 is 1.93 bits per heavy atom. The molecule has 2 N–H and O–H groups in total. The van der Waals surface area contributed by atoms with E-state index in [1.54, 1.807) is 0 Å². The molecule has 4 aliphatic heterocycles. The van der Waals surface area contributed by atoms with Crippen LogP contribution < -0.4 is 20.3 Å². The van der Waals surface area contributed by atoms with Gasteiger partial charge in [-0.1, -0.05) is 37.3 Å². The number of carbonyl (C=O) groups is 1. The van der Waals surface area contributed by atoms with Crippen LogP contribution >= 0.6 is 0 Å². The Morgan fingerprint density at radius 1 is 1.10 bits per heavy atom. The van der Waals surface area contributed by atoms with Gasteiger partial charge in [0.1, 0.15) is 12.4 Å². The van der Waals surface area contributed by atoms with Crippen LogP contribution in [0.2, 0.25) is 0 Å². The predicted octanol–water partition coefficient (Wildman–Crippen LogP) is 4.45. The highest BCUT2D eigenvalue weighted by Gasteiger charge is 2.45. The van der Waals surface area contributed by atoms with Gasteiger partial charge in [-0.3, -0.25) is 9.69 Å². The Morgan fingerprint density at radius 3 is 2.73 bits per heavy atom. The van der Waals surface area contributed by atoms with Crippen LogP contribution in [-0.4, -0.2) is 65.1 Å². The second-order valence-electron chi connectivity index (χ2n) is 12.0. The summed E-state index contributed by atoms with van der Waals surface area (Å²) in [6.45, 7) is 7.51. The minimum absolute atomic E-state index is 0.0718. The number of ether oxygens (including phenoxy) is 1. The third kappa shape index (κ3) is 4.66. The minimum Gasteiger partial charge on any atom is -0.461 e. The number of nitrogens with one attached hydrogen (secondary N) is 2. The van der Waals surface area contributed by atoms with Crippen molar-refractivity contribution in [2.45, 2.75) is 76.4 Å². The number of carbonyl (C=O) groups excluding carboxylic acids is 1. The highest BCUT2D eigenvalue weighted by molar-refractivity contribution is 5.97. The fourth-order valence-electron chi connectivity index (χ4n) is 7.51. The first-order valence-electron chi connectivity index (χ1n) is 15.2. The van der Waals surface area contributed by atoms with Gasteiger partial charge in [-0.2, -0.15) is 9.97 Å². The molecule has 1 atom stereocenters. The molecule has 8 heteroatoms. The Kier molecular flexibility index (Phi) is 6.74. The van der Waals surface area contributed by atoms with Gasteiger partial charge in [-0.05, 0) is 75.1 Å². The first kappa shape index (κ1) is 25.6. The van der Waals surface area contributed by atoms with Gasteiger partial charge in [0.05, 0.1) is 17.8 Å². The maximum Gasteiger partial charge on any atom is 0.318 e. The van der Waals surface area contributed by atoms with E-state index < -0.39 is 0 Å². The SMILES string of the molecule is CCc1cccc2cccc(N3CCc4c(nc(OCC56CCCN5CCC6)nc4NC4CCNC(=O)C4)C3)c12. The molecule has 0 aliphatic carbocycles. The number of aromatic nitrogens is 2. The van der Waals surface area contributed by atoms with Crippen LogP contribution in [0.3, 0.4) is 0 Å². The molecule has 0 radical (unpaired) electrons. The lowest BCUT2D eigenvalue weighted by atomic mass is 9.95. The van der Waals surface area contributed by atoms with Gasteiger partial charge in [-0.25, -0.2) is 0 Å². The van der Waals surface area contributed by atoms with E-state index in [2.05, 4.69) is 63.8 Å². The summed E-state index contributed by atoms with van der Waals surface area (Å²) >= 11 is 0. The third-order valence-electron chi connectivity index (χ3n) is 9.60. The molecule has 0 bridgehead atoms. The molecule has 8 nitrogen and oxygen atoms in total. The first-order valence-corrected chi connectivity index (χ1v) is 15.2. The maximum absolute atomic E-state index is 12.1. The lowest BCUT2D eigenvalue weighted by Gasteiger charge is -2.34. The number of rotatable bonds is 7. The fraction of sp³-hybridized carbons (Fsp3) is 0.531. The van der Waals surface area contributed by atoms with E-state index in [0.717, 1.165) is 42.9 Å². The lowest BCUT2D eigenvalue weighted by Crippen LogP contribution is -2.43. The van der Waals surface area contributed by atoms with Crippen molar-refractivity contribution < 1.29 is 9.53 Å². The van der Waals surface area contributed by atoms with Crippen molar-refractivity contribution in [1.82, 2.24) is 20.2 Å². The van der Waals surface area contributed by atoms with Crippen molar-refractivity contribution >= 4 is 28.2 Å². The number of hydrogen-bond acceptors (Lipinski definition) is 7. The topological polar surface area (TPSA) is 82.6 Å². The van der Waals surface area contributed by atoms with E-state index in [-0.39, 0.29) is 17.5 Å². The van der Waals surface area contributed by atoms with E-state index in [4.69, 9.17) is 14.7 Å². The number of hydrogen-bond donors (Lipinski definition) is 2. The smallest absolute Gasteiger partial charge is 0.318 e. The lowest BCUT2D eigenvalue weighted by molar-refractivity contribution is -0.122. The molecule has 1 aromatic heterocycles. The molecule has 7 rings (SSSR count). The van der Waals surface area contributed by atoms with E-state index in [9.17, 15) is 4.79 Å². The van der Waals surface area contributed by atoms with Crippen LogP contribution in [0.25, 0.3) is 10.8 Å². The van der Waals surface area contributed by atoms with Crippen LogP contribution in [0.1, 0.15) is 62.3 Å². The second kappa shape index (κ2) is 10.5. The zero-order valence-corrected chi connectivity index (χ0v) is 23.5. The largest absolute Gasteiger partial charge is 0.461 e. The van der Waals surface area contributed by atoms with Crippen molar-refractivity contribution in [3.8, 4) is 6.01 Å². The number of fused-ring (bicyclic) bond motifs is 3. The van der Waals surface area contributed by atoms with E-state index >= 15 is 0 Å². The predicted molar refractivity (Wildman–Crippen MR) is 158 cm³/mol. The van der Waals surface area contributed by atoms with Gasteiger partial charge in [0.15, 0.2) is 0 Å². The Labute approximate surface area is 236 Å². The summed E-state index contributed by atoms with van der Waals surface area (Å²) in [6, 6.07) is 13.8. The molecule has 5 heterocycles. The standard InChI is InChI=1S/C32H40N6O2/c1-2-22-7-3-8-23-9-4-10-27(29(22)23)37-18-12-25-26(20-37)35-31(36-30(25)34-24-11-15-33-28(39)19-24)40-21-32-13-5-16-38(32)17-6-14-32/h3-4,7-10,24H,2,5-6,11-21H2,1H3,(H,33,39)(H,34,35,36). The van der Waals surface area contributed by atoms with Crippen molar-refractivity contribution in [3.63, 3.8) is 0 Å². The molecule has 3 saturated heterocycles. The quantitative estimate of drug-likeness (QED) is 0.458. The number of amides is 1. The van der Waals surface area contributed by atoms with Gasteiger partial charge in [0.2, 0.25) is 5.91 Å². The number of benzene rings is 2. The van der Waals surface area contributed by atoms with E-state index in [1.165, 1.54) is 60.8 Å². The van der Waals surface area contributed by atoms with Crippen LogP contribution in [0.15, 0.2) is 36.4 Å². The molecule has 2 aromatic carbocycles. The molecule has 1 amide bonds. The second-order valence-corrected chi connectivity index (χ2v) is 12.0. The van der Waals surface area contributed by atoms with Crippen LogP contribution in [0, 0.1) is 0 Å². The van der Waals surface area contributed by atoms with Gasteiger partial charge < -0.3 is 20.3 Å². The van der Waals surface area contributed by atoms with Gasteiger partial charge >= 0.3 is 6.01 Å². The first-order chi connectivity index (χ1) is 19.6. The highest BCUT2D eigenvalue weighted by Crippen LogP contribution is 2.40. The monoisotopic (exact) mass is 540 g/mol. The third-order valence-corrected chi connectivity index (χ3v) is 9.60. The van der Waals surface area contributed by atoms with Gasteiger partial charge in [-0.15, -0.1) is 0 Å². The molecule has 3 aromatic rings. The number of anilines is 2. The van der Waals surface area contributed by atoms with Gasteiger partial charge in [0, 0.05) is 42.2 Å². The normalized spacial score (nSPS) is 22.2. The summed E-state index contributed by atoms with van der Waals surface area (Å²) in [5.74, 6) is 0.942. The summed E-state index contributed by atoms with van der Waals surface area (Å²) in [6.07, 6.45) is 8.06. The number of aryl methyl sites for hydroxylation is 1. The van der Waals surface area contributed by atoms with Crippen molar-refractivity contribution in [2.75, 3.05) is 43.0 Å². The van der Waals surface area contributed by atoms with Crippen LogP contribution in [0.4, 0.5) is 11.5 Å². The number of piperidine rings is 1. The molecular weight excluding hydrogens is 500 g/mol. The summed E-state index contributed by atoms with van der Waals surface area (Å²) in [7, 11) is 0. The summed E-state index contributed by atoms with van der Waals surface area (Å²) in [5, 5.41) is 9.20. The van der Waals surface area contributed by atoms with Crippen molar-refractivity contribution in [3.05, 3.63) is 53.2 Å². The van der Waals surface area contributed by atoms with E-state index in [0.29, 0.717) is 32.1 Å². The van der Waals surface area contributed by atoms with Crippen molar-refractivity contribution in [2.24, 2.45) is 0 Å². The molecule has 210 valence electrons. The zero-order chi connectivity index (χ0) is 27.1. The minimum atomic E-state index is 0.0718. The molecule has 40 heavy (non-hydrogen) atoms. The molecule has 0 spiro atoms. The Hall–Kier alpha value is -3.39.